The van der Waals surface area contributed by atoms with E-state index in [1.807, 2.05) is 6.92 Å². The van der Waals surface area contributed by atoms with Gasteiger partial charge in [0.05, 0.1) is 25.3 Å². The lowest BCUT2D eigenvalue weighted by Gasteiger charge is -2.17. The minimum absolute atomic E-state index is 0.0364. The Morgan fingerprint density at radius 2 is 2.04 bits per heavy atom. The van der Waals surface area contributed by atoms with Crippen molar-refractivity contribution in [2.45, 2.75) is 6.92 Å². The van der Waals surface area contributed by atoms with E-state index in [4.69, 9.17) is 21.1 Å². The van der Waals surface area contributed by atoms with E-state index in [9.17, 15) is 9.59 Å². The molecule has 0 saturated heterocycles. The van der Waals surface area contributed by atoms with Gasteiger partial charge in [0.25, 0.3) is 5.91 Å². The van der Waals surface area contributed by atoms with Crippen molar-refractivity contribution in [2.75, 3.05) is 32.6 Å². The molecule has 0 bridgehead atoms. The molecular weight excluding hydrogens is 358 g/mol. The zero-order chi connectivity index (χ0) is 19.1. The maximum atomic E-state index is 12.5. The van der Waals surface area contributed by atoms with Crippen LogP contribution in [0.1, 0.15) is 17.4 Å². The Morgan fingerprint density at radius 1 is 1.27 bits per heavy atom. The number of halogens is 1. The monoisotopic (exact) mass is 377 g/mol. The molecular formula is C18H20ClN3O4. The Labute approximate surface area is 156 Å². The van der Waals surface area contributed by atoms with E-state index in [1.165, 1.54) is 18.0 Å². The quantitative estimate of drug-likeness (QED) is 0.802. The molecule has 0 saturated carbocycles. The molecule has 0 unspecified atom stereocenters. The molecule has 1 aromatic carbocycles. The van der Waals surface area contributed by atoms with Crippen LogP contribution in [-0.2, 0) is 4.79 Å². The predicted molar refractivity (Wildman–Crippen MR) is 99.0 cm³/mol. The molecule has 1 heterocycles. The van der Waals surface area contributed by atoms with Gasteiger partial charge in [-0.15, -0.1) is 0 Å². The van der Waals surface area contributed by atoms with Crippen molar-refractivity contribution in [1.29, 1.82) is 0 Å². The molecule has 0 aliphatic heterocycles. The first-order valence-corrected chi connectivity index (χ1v) is 8.31. The number of nitrogens with one attached hydrogen (secondary N) is 1. The van der Waals surface area contributed by atoms with Crippen LogP contribution in [-0.4, -0.2) is 49.0 Å². The van der Waals surface area contributed by atoms with Crippen molar-refractivity contribution < 1.29 is 19.1 Å². The molecule has 1 N–H and O–H groups in total. The number of nitrogens with zero attached hydrogens (tertiary/aromatic N) is 2. The number of carbonyl (C=O) groups excluding carboxylic acids is 2. The lowest BCUT2D eigenvalue weighted by atomic mass is 10.3. The second-order valence-electron chi connectivity index (χ2n) is 5.35. The third-order valence-corrected chi connectivity index (χ3v) is 3.70. The minimum Gasteiger partial charge on any atom is -0.497 e. The highest BCUT2D eigenvalue weighted by atomic mass is 35.5. The summed E-state index contributed by atoms with van der Waals surface area (Å²) in [7, 11) is 3.04. The summed E-state index contributed by atoms with van der Waals surface area (Å²) in [6, 6.07) is 10.1. The van der Waals surface area contributed by atoms with E-state index >= 15 is 0 Å². The highest BCUT2D eigenvalue weighted by molar-refractivity contribution is 6.33. The summed E-state index contributed by atoms with van der Waals surface area (Å²) in [5.41, 5.74) is 0.610. The number of rotatable bonds is 7. The summed E-state index contributed by atoms with van der Waals surface area (Å²) < 4.78 is 10.4. The fourth-order valence-corrected chi connectivity index (χ4v) is 2.36. The summed E-state index contributed by atoms with van der Waals surface area (Å²) in [5, 5.41) is 2.90. The first-order valence-electron chi connectivity index (χ1n) is 7.93. The van der Waals surface area contributed by atoms with Crippen LogP contribution in [0.2, 0.25) is 5.02 Å². The Kier molecular flexibility index (Phi) is 6.80. The molecule has 2 aromatic rings. The Morgan fingerprint density at radius 3 is 2.73 bits per heavy atom. The number of methoxy groups -OCH3 is 1. The number of benzene rings is 1. The summed E-state index contributed by atoms with van der Waals surface area (Å²) >= 11 is 6.06. The first-order chi connectivity index (χ1) is 12.4. The molecule has 2 rings (SSSR count). The second-order valence-corrected chi connectivity index (χ2v) is 5.76. The van der Waals surface area contributed by atoms with Crippen molar-refractivity contribution >= 4 is 29.1 Å². The van der Waals surface area contributed by atoms with Gasteiger partial charge in [-0.05, 0) is 25.1 Å². The van der Waals surface area contributed by atoms with Gasteiger partial charge in [-0.25, -0.2) is 4.98 Å². The van der Waals surface area contributed by atoms with Gasteiger partial charge >= 0.3 is 0 Å². The molecule has 1 aromatic heterocycles. The second kappa shape index (κ2) is 9.05. The third-order valence-electron chi connectivity index (χ3n) is 3.40. The zero-order valence-electron chi connectivity index (χ0n) is 14.8. The van der Waals surface area contributed by atoms with Gasteiger partial charge in [-0.1, -0.05) is 17.7 Å². The van der Waals surface area contributed by atoms with Crippen LogP contribution in [0.25, 0.3) is 0 Å². The van der Waals surface area contributed by atoms with Crippen molar-refractivity contribution in [2.24, 2.45) is 0 Å². The maximum absolute atomic E-state index is 12.5. The van der Waals surface area contributed by atoms with Crippen molar-refractivity contribution in [3.05, 3.63) is 47.1 Å². The third kappa shape index (κ3) is 5.10. The molecule has 0 aliphatic carbocycles. The van der Waals surface area contributed by atoms with Crippen LogP contribution in [0.4, 0.5) is 5.69 Å². The summed E-state index contributed by atoms with van der Waals surface area (Å²) in [6.45, 7) is 2.07. The largest absolute Gasteiger partial charge is 0.497 e. The fourth-order valence-electron chi connectivity index (χ4n) is 2.17. The average Bonchev–Trinajstić information content (AvgIpc) is 2.63. The molecule has 2 amide bonds. The first kappa shape index (κ1) is 19.5. The topological polar surface area (TPSA) is 80.8 Å². The zero-order valence-corrected chi connectivity index (χ0v) is 15.5. The van der Waals surface area contributed by atoms with Crippen LogP contribution in [0, 0.1) is 0 Å². The molecule has 0 fully saturated rings. The van der Waals surface area contributed by atoms with Gasteiger partial charge in [0.2, 0.25) is 11.8 Å². The normalized spacial score (nSPS) is 10.2. The minimum atomic E-state index is -0.475. The van der Waals surface area contributed by atoms with E-state index in [-0.39, 0.29) is 23.2 Å². The highest BCUT2D eigenvalue weighted by Crippen LogP contribution is 2.20. The van der Waals surface area contributed by atoms with Crippen LogP contribution in [0.5, 0.6) is 11.6 Å². The molecule has 0 aliphatic rings. The van der Waals surface area contributed by atoms with Crippen molar-refractivity contribution in [1.82, 2.24) is 9.88 Å². The van der Waals surface area contributed by atoms with E-state index in [1.54, 1.807) is 37.4 Å². The van der Waals surface area contributed by atoms with E-state index in [0.717, 1.165) is 0 Å². The molecule has 7 nitrogen and oxygen atoms in total. The number of aromatic nitrogens is 1. The number of hydrogen-bond donors (Lipinski definition) is 1. The lowest BCUT2D eigenvalue weighted by molar-refractivity contribution is -0.116. The summed E-state index contributed by atoms with van der Waals surface area (Å²) in [5.74, 6) is 0.0916. The summed E-state index contributed by atoms with van der Waals surface area (Å²) in [4.78, 5) is 30.1. The van der Waals surface area contributed by atoms with E-state index in [0.29, 0.717) is 23.9 Å². The van der Waals surface area contributed by atoms with E-state index < -0.39 is 5.91 Å². The number of carbonyl (C=O) groups is 2. The number of likely N-dealkylation sites (N-methyl/N-ethyl adjacent to an activating group) is 1. The van der Waals surface area contributed by atoms with Crippen LogP contribution < -0.4 is 14.8 Å². The number of hydrogen-bond acceptors (Lipinski definition) is 5. The Bertz CT molecular complexity index is 798. The summed E-state index contributed by atoms with van der Waals surface area (Å²) in [6.07, 6.45) is 0. The highest BCUT2D eigenvalue weighted by Gasteiger charge is 2.20. The maximum Gasteiger partial charge on any atom is 0.274 e. The molecule has 0 spiro atoms. The molecule has 138 valence electrons. The number of ether oxygens (including phenoxy) is 2. The molecule has 8 heteroatoms. The standard InChI is InChI=1S/C18H20ClN3O4/c1-4-26-16-9-8-14(19)17(21-16)18(24)22(2)11-15(23)20-12-6-5-7-13(10-12)25-3/h5-10H,4,11H2,1-3H3,(H,20,23). The average molecular weight is 378 g/mol. The van der Waals surface area contributed by atoms with Crippen molar-refractivity contribution in [3.63, 3.8) is 0 Å². The van der Waals surface area contributed by atoms with E-state index in [2.05, 4.69) is 10.3 Å². The van der Waals surface area contributed by atoms with Gasteiger partial charge in [0, 0.05) is 24.9 Å². The smallest absolute Gasteiger partial charge is 0.274 e. The van der Waals surface area contributed by atoms with Crippen LogP contribution in [0.3, 0.4) is 0 Å². The number of anilines is 1. The fraction of sp³-hybridized carbons (Fsp3) is 0.278. The van der Waals surface area contributed by atoms with Crippen molar-refractivity contribution in [3.8, 4) is 11.6 Å². The SMILES string of the molecule is CCOc1ccc(Cl)c(C(=O)N(C)CC(=O)Nc2cccc(OC)c2)n1. The Balaban J connectivity index is 2.04. The Hall–Kier alpha value is -2.80. The lowest BCUT2D eigenvalue weighted by Crippen LogP contribution is -2.35. The van der Waals surface area contributed by atoms with Gasteiger partial charge in [-0.2, -0.15) is 0 Å². The number of amides is 2. The van der Waals surface area contributed by atoms with Gasteiger partial charge < -0.3 is 19.7 Å². The number of pyridine rings is 1. The van der Waals surface area contributed by atoms with Crippen LogP contribution >= 0.6 is 11.6 Å². The molecule has 0 atom stereocenters. The van der Waals surface area contributed by atoms with Gasteiger partial charge in [-0.3, -0.25) is 9.59 Å². The van der Waals surface area contributed by atoms with Gasteiger partial charge in [0.15, 0.2) is 5.69 Å². The predicted octanol–water partition coefficient (Wildman–Crippen LogP) is 2.85. The van der Waals surface area contributed by atoms with Gasteiger partial charge in [0.1, 0.15) is 5.75 Å². The molecule has 0 radical (unpaired) electrons. The van der Waals surface area contributed by atoms with Crippen LogP contribution in [0.15, 0.2) is 36.4 Å². The molecule has 26 heavy (non-hydrogen) atoms.